The number of nitrogens with one attached hydrogen (secondary N) is 2. The van der Waals surface area contributed by atoms with Crippen molar-refractivity contribution in [1.29, 1.82) is 0 Å². The van der Waals surface area contributed by atoms with Crippen molar-refractivity contribution < 1.29 is 4.39 Å². The zero-order valence-electron chi connectivity index (χ0n) is 12.4. The van der Waals surface area contributed by atoms with Gasteiger partial charge in [-0.1, -0.05) is 6.07 Å². The Morgan fingerprint density at radius 2 is 2.29 bits per heavy atom. The molecule has 2 N–H and O–H groups in total. The Labute approximate surface area is 138 Å². The third kappa shape index (κ3) is 4.88. The first kappa shape index (κ1) is 16.6. The second-order valence-corrected chi connectivity index (χ2v) is 7.97. The molecular weight excluding hydrogens is 353 g/mol. The normalized spacial score (nSPS) is 22.4. The van der Waals surface area contributed by atoms with Crippen molar-refractivity contribution in [3.8, 4) is 0 Å². The van der Waals surface area contributed by atoms with Crippen LogP contribution in [0, 0.1) is 5.82 Å². The van der Waals surface area contributed by atoms with Crippen molar-refractivity contribution in [3.63, 3.8) is 0 Å². The van der Waals surface area contributed by atoms with Crippen LogP contribution in [0.15, 0.2) is 27.7 Å². The van der Waals surface area contributed by atoms with Gasteiger partial charge >= 0.3 is 0 Å². The summed E-state index contributed by atoms with van der Waals surface area (Å²) in [4.78, 5) is 4.22. The van der Waals surface area contributed by atoms with Gasteiger partial charge in [0.15, 0.2) is 5.96 Å². The van der Waals surface area contributed by atoms with Gasteiger partial charge in [-0.3, -0.25) is 4.99 Å². The number of nitrogens with zero attached hydrogens (tertiary/aromatic N) is 1. The van der Waals surface area contributed by atoms with Crippen LogP contribution in [0.4, 0.5) is 4.39 Å². The summed E-state index contributed by atoms with van der Waals surface area (Å²) < 4.78 is 14.2. The predicted molar refractivity (Wildman–Crippen MR) is 92.4 cm³/mol. The van der Waals surface area contributed by atoms with E-state index >= 15 is 0 Å². The fraction of sp³-hybridized carbons (Fsp3) is 0.533. The lowest BCUT2D eigenvalue weighted by atomic mass is 10.1. The number of guanidine groups is 1. The number of rotatable bonds is 4. The van der Waals surface area contributed by atoms with Crippen molar-refractivity contribution in [1.82, 2.24) is 10.6 Å². The second kappa shape index (κ2) is 7.49. The Balaban J connectivity index is 1.83. The predicted octanol–water partition coefficient (Wildman–Crippen LogP) is 3.54. The largest absolute Gasteiger partial charge is 0.355 e. The van der Waals surface area contributed by atoms with E-state index < -0.39 is 0 Å². The maximum Gasteiger partial charge on any atom is 0.191 e. The molecule has 2 rings (SSSR count). The topological polar surface area (TPSA) is 36.4 Å². The van der Waals surface area contributed by atoms with Crippen LogP contribution in [0.2, 0.25) is 0 Å². The minimum atomic E-state index is -0.243. The maximum atomic E-state index is 13.5. The monoisotopic (exact) mass is 373 g/mol. The van der Waals surface area contributed by atoms with E-state index in [9.17, 15) is 4.39 Å². The number of halogens is 2. The Kier molecular flexibility index (Phi) is 5.93. The van der Waals surface area contributed by atoms with E-state index in [1.54, 1.807) is 13.1 Å². The number of aliphatic imine (C=N–C) groups is 1. The molecule has 3 nitrogen and oxygen atoms in total. The van der Waals surface area contributed by atoms with Crippen molar-refractivity contribution in [2.75, 3.05) is 19.3 Å². The molecule has 21 heavy (non-hydrogen) atoms. The highest BCUT2D eigenvalue weighted by molar-refractivity contribution is 9.10. The molecule has 1 aliphatic heterocycles. The molecule has 1 aromatic rings. The Bertz CT molecular complexity index is 516. The van der Waals surface area contributed by atoms with Gasteiger partial charge in [-0.05, 0) is 59.1 Å². The van der Waals surface area contributed by atoms with E-state index in [1.165, 1.54) is 24.7 Å². The quantitative estimate of drug-likeness (QED) is 0.625. The third-order valence-corrected chi connectivity index (χ3v) is 5.78. The summed E-state index contributed by atoms with van der Waals surface area (Å²) in [6, 6.07) is 5.14. The van der Waals surface area contributed by atoms with Crippen molar-refractivity contribution in [3.05, 3.63) is 34.1 Å². The van der Waals surface area contributed by atoms with Crippen molar-refractivity contribution >= 4 is 33.7 Å². The van der Waals surface area contributed by atoms with Crippen LogP contribution in [0.3, 0.4) is 0 Å². The Morgan fingerprint density at radius 3 is 2.90 bits per heavy atom. The lowest BCUT2D eigenvalue weighted by Gasteiger charge is -2.24. The highest BCUT2D eigenvalue weighted by atomic mass is 79.9. The molecule has 0 radical (unpaired) electrons. The zero-order chi connectivity index (χ0) is 15.3. The first-order chi connectivity index (χ1) is 10.0. The molecule has 0 spiro atoms. The fourth-order valence-corrected chi connectivity index (χ4v) is 3.79. The first-order valence-electron chi connectivity index (χ1n) is 7.05. The Hall–Kier alpha value is -0.750. The molecule has 0 bridgehead atoms. The van der Waals surface area contributed by atoms with Crippen molar-refractivity contribution in [2.45, 2.75) is 31.1 Å². The summed E-state index contributed by atoms with van der Waals surface area (Å²) in [6.07, 6.45) is 2.52. The average Bonchev–Trinajstić information content (AvgIpc) is 2.90. The SMILES string of the molecule is CN=C(NCc1ccc(Br)c(F)c1)NCC1(C)CCCS1. The van der Waals surface area contributed by atoms with Gasteiger partial charge < -0.3 is 10.6 Å². The van der Waals surface area contributed by atoms with Gasteiger partial charge in [0, 0.05) is 24.9 Å². The van der Waals surface area contributed by atoms with Crippen molar-refractivity contribution in [2.24, 2.45) is 4.99 Å². The average molecular weight is 374 g/mol. The molecule has 1 saturated heterocycles. The molecule has 1 heterocycles. The van der Waals surface area contributed by atoms with Crippen LogP contribution in [-0.4, -0.2) is 30.1 Å². The molecule has 1 atom stereocenters. The van der Waals surface area contributed by atoms with Gasteiger partial charge in [0.2, 0.25) is 0 Å². The lowest BCUT2D eigenvalue weighted by molar-refractivity contribution is 0.584. The molecule has 1 aromatic carbocycles. The Morgan fingerprint density at radius 1 is 1.48 bits per heavy atom. The van der Waals surface area contributed by atoms with E-state index in [4.69, 9.17) is 0 Å². The smallest absolute Gasteiger partial charge is 0.191 e. The molecule has 0 saturated carbocycles. The van der Waals surface area contributed by atoms with Gasteiger partial charge in [-0.15, -0.1) is 0 Å². The number of thioether (sulfide) groups is 1. The van der Waals surface area contributed by atoms with E-state index in [2.05, 4.69) is 38.5 Å². The molecule has 0 aromatic heterocycles. The van der Waals surface area contributed by atoms with E-state index in [0.29, 0.717) is 15.8 Å². The summed E-state index contributed by atoms with van der Waals surface area (Å²) in [6.45, 7) is 3.73. The summed E-state index contributed by atoms with van der Waals surface area (Å²) in [7, 11) is 1.75. The first-order valence-corrected chi connectivity index (χ1v) is 8.83. The molecule has 116 valence electrons. The van der Waals surface area contributed by atoms with Gasteiger partial charge in [0.1, 0.15) is 5.82 Å². The lowest BCUT2D eigenvalue weighted by Crippen LogP contribution is -2.43. The van der Waals surface area contributed by atoms with Crippen LogP contribution >= 0.6 is 27.7 Å². The van der Waals surface area contributed by atoms with Crippen LogP contribution in [0.1, 0.15) is 25.3 Å². The summed E-state index contributed by atoms with van der Waals surface area (Å²) in [5.41, 5.74) is 0.889. The van der Waals surface area contributed by atoms with E-state index in [-0.39, 0.29) is 5.82 Å². The van der Waals surface area contributed by atoms with Gasteiger partial charge in [-0.2, -0.15) is 11.8 Å². The molecule has 1 unspecified atom stereocenters. The minimum absolute atomic E-state index is 0.243. The molecule has 1 aliphatic rings. The standard InChI is InChI=1S/C15H21BrFN3S/c1-15(6-3-7-21-15)10-20-14(18-2)19-9-11-4-5-12(16)13(17)8-11/h4-5,8H,3,6-7,9-10H2,1-2H3,(H2,18,19,20). The van der Waals surface area contributed by atoms with E-state index in [1.807, 2.05) is 17.8 Å². The number of hydrogen-bond donors (Lipinski definition) is 2. The fourth-order valence-electron chi connectivity index (χ4n) is 2.30. The maximum absolute atomic E-state index is 13.5. The summed E-state index contributed by atoms with van der Waals surface area (Å²) in [5, 5.41) is 6.58. The summed E-state index contributed by atoms with van der Waals surface area (Å²) in [5.74, 6) is 1.75. The number of benzene rings is 1. The van der Waals surface area contributed by atoms with Gasteiger partial charge in [0.05, 0.1) is 4.47 Å². The molecule has 1 fully saturated rings. The minimum Gasteiger partial charge on any atom is -0.355 e. The third-order valence-electron chi connectivity index (χ3n) is 3.60. The van der Waals surface area contributed by atoms with Crippen LogP contribution in [0.5, 0.6) is 0 Å². The highest BCUT2D eigenvalue weighted by Crippen LogP contribution is 2.36. The van der Waals surface area contributed by atoms with E-state index in [0.717, 1.165) is 18.1 Å². The van der Waals surface area contributed by atoms with Gasteiger partial charge in [-0.25, -0.2) is 4.39 Å². The molecule has 0 amide bonds. The van der Waals surface area contributed by atoms with Crippen LogP contribution in [-0.2, 0) is 6.54 Å². The molecule has 6 heteroatoms. The van der Waals surface area contributed by atoms with Crippen LogP contribution < -0.4 is 10.6 Å². The zero-order valence-corrected chi connectivity index (χ0v) is 14.8. The van der Waals surface area contributed by atoms with Crippen LogP contribution in [0.25, 0.3) is 0 Å². The molecule has 0 aliphatic carbocycles. The number of hydrogen-bond acceptors (Lipinski definition) is 2. The summed E-state index contributed by atoms with van der Waals surface area (Å²) >= 11 is 5.17. The highest BCUT2D eigenvalue weighted by Gasteiger charge is 2.29. The molecular formula is C15H21BrFN3S. The van der Waals surface area contributed by atoms with Gasteiger partial charge in [0.25, 0.3) is 0 Å². The second-order valence-electron chi connectivity index (χ2n) is 5.43.